The minimum absolute atomic E-state index is 0.0928. The van der Waals surface area contributed by atoms with Crippen LogP contribution >= 0.6 is 0 Å². The molecule has 7 nitrogen and oxygen atoms in total. The summed E-state index contributed by atoms with van der Waals surface area (Å²) in [6.45, 7) is -0.0928. The number of nitrogens with two attached hydrogens (primary N) is 1. The van der Waals surface area contributed by atoms with Crippen molar-refractivity contribution in [1.82, 2.24) is 5.32 Å². The molecular weight excluding hydrogens is 260 g/mol. The maximum absolute atomic E-state index is 11.6. The summed E-state index contributed by atoms with van der Waals surface area (Å²) in [4.78, 5) is 11.6. The first-order chi connectivity index (χ1) is 8.33. The number of primary sulfonamides is 1. The Morgan fingerprint density at radius 3 is 2.67 bits per heavy atom. The first kappa shape index (κ1) is 14.3. The van der Waals surface area contributed by atoms with E-state index in [9.17, 15) is 18.3 Å². The van der Waals surface area contributed by atoms with Gasteiger partial charge in [-0.05, 0) is 18.2 Å². The highest BCUT2D eigenvalue weighted by Crippen LogP contribution is 2.25. The van der Waals surface area contributed by atoms with Crippen LogP contribution in [0, 0.1) is 0 Å². The number of hydrogen-bond acceptors (Lipinski definition) is 5. The van der Waals surface area contributed by atoms with Crippen molar-refractivity contribution >= 4 is 15.9 Å². The van der Waals surface area contributed by atoms with E-state index in [0.717, 1.165) is 0 Å². The van der Waals surface area contributed by atoms with E-state index in [0.29, 0.717) is 0 Å². The number of aromatic hydroxyl groups is 1. The molecule has 8 heteroatoms. The third kappa shape index (κ3) is 4.22. The fourth-order valence-corrected chi connectivity index (χ4v) is 1.63. The van der Waals surface area contributed by atoms with Gasteiger partial charge in [0.2, 0.25) is 10.0 Å². The molecule has 0 saturated carbocycles. The maximum atomic E-state index is 11.6. The van der Waals surface area contributed by atoms with Crippen molar-refractivity contribution in [2.24, 2.45) is 5.14 Å². The van der Waals surface area contributed by atoms with E-state index < -0.39 is 15.9 Å². The molecule has 0 aliphatic rings. The molecule has 1 rings (SSSR count). The molecule has 0 aliphatic carbocycles. The van der Waals surface area contributed by atoms with E-state index in [1.165, 1.54) is 25.3 Å². The first-order valence-electron chi connectivity index (χ1n) is 4.99. The maximum Gasteiger partial charge on any atom is 0.251 e. The smallest absolute Gasteiger partial charge is 0.251 e. The van der Waals surface area contributed by atoms with Gasteiger partial charge in [0.1, 0.15) is 0 Å². The van der Waals surface area contributed by atoms with Crippen LogP contribution in [0.25, 0.3) is 0 Å². The van der Waals surface area contributed by atoms with Crippen molar-refractivity contribution in [3.63, 3.8) is 0 Å². The van der Waals surface area contributed by atoms with Gasteiger partial charge in [0.05, 0.1) is 12.9 Å². The van der Waals surface area contributed by atoms with Crippen LogP contribution < -0.4 is 15.2 Å². The van der Waals surface area contributed by atoms with Crippen LogP contribution in [-0.2, 0) is 10.0 Å². The van der Waals surface area contributed by atoms with Gasteiger partial charge >= 0.3 is 0 Å². The fraction of sp³-hybridized carbons (Fsp3) is 0.300. The Bertz CT molecular complexity index is 541. The number of nitrogens with one attached hydrogen (secondary N) is 1. The lowest BCUT2D eigenvalue weighted by atomic mass is 10.2. The molecule has 100 valence electrons. The molecule has 0 aromatic heterocycles. The lowest BCUT2D eigenvalue weighted by Crippen LogP contribution is -2.31. The van der Waals surface area contributed by atoms with Crippen molar-refractivity contribution in [3.05, 3.63) is 23.8 Å². The van der Waals surface area contributed by atoms with E-state index in [1.54, 1.807) is 0 Å². The minimum atomic E-state index is -3.60. The Morgan fingerprint density at radius 2 is 2.17 bits per heavy atom. The molecular formula is C10H14N2O5S. The minimum Gasteiger partial charge on any atom is -0.504 e. The zero-order chi connectivity index (χ0) is 13.8. The van der Waals surface area contributed by atoms with E-state index in [1.807, 2.05) is 0 Å². The average Bonchev–Trinajstić information content (AvgIpc) is 2.27. The van der Waals surface area contributed by atoms with Crippen LogP contribution in [0.2, 0.25) is 0 Å². The summed E-state index contributed by atoms with van der Waals surface area (Å²) in [5, 5.41) is 16.6. The van der Waals surface area contributed by atoms with E-state index in [-0.39, 0.29) is 29.4 Å². The highest BCUT2D eigenvalue weighted by atomic mass is 32.2. The number of carbonyl (C=O) groups excluding carboxylic acids is 1. The number of rotatable bonds is 5. The second-order valence-electron chi connectivity index (χ2n) is 3.51. The zero-order valence-corrected chi connectivity index (χ0v) is 10.5. The summed E-state index contributed by atoms with van der Waals surface area (Å²) in [6, 6.07) is 4.11. The molecule has 1 aromatic carbocycles. The van der Waals surface area contributed by atoms with Crippen LogP contribution in [0.4, 0.5) is 0 Å². The van der Waals surface area contributed by atoms with Gasteiger partial charge < -0.3 is 15.2 Å². The van der Waals surface area contributed by atoms with Crippen LogP contribution in [0.5, 0.6) is 11.5 Å². The van der Waals surface area contributed by atoms with E-state index >= 15 is 0 Å². The number of methoxy groups -OCH3 is 1. The molecule has 0 saturated heterocycles. The lowest BCUT2D eigenvalue weighted by molar-refractivity contribution is 0.0955. The van der Waals surface area contributed by atoms with Gasteiger partial charge in [0.15, 0.2) is 11.5 Å². The van der Waals surface area contributed by atoms with Gasteiger partial charge in [-0.25, -0.2) is 13.6 Å². The Hall–Kier alpha value is -1.80. The number of carbonyl (C=O) groups is 1. The van der Waals surface area contributed by atoms with E-state index in [2.05, 4.69) is 5.32 Å². The van der Waals surface area contributed by atoms with E-state index in [4.69, 9.17) is 9.88 Å². The third-order valence-electron chi connectivity index (χ3n) is 2.11. The van der Waals surface area contributed by atoms with Crippen LogP contribution in [0.1, 0.15) is 10.4 Å². The Morgan fingerprint density at radius 1 is 1.50 bits per heavy atom. The van der Waals surface area contributed by atoms with Gasteiger partial charge in [-0.15, -0.1) is 0 Å². The molecule has 0 heterocycles. The fourth-order valence-electron chi connectivity index (χ4n) is 1.24. The predicted molar refractivity (Wildman–Crippen MR) is 65.0 cm³/mol. The Kier molecular flexibility index (Phi) is 4.51. The molecule has 0 unspecified atom stereocenters. The molecule has 0 atom stereocenters. The number of phenolic OH excluding ortho intramolecular Hbond substituents is 1. The summed E-state index contributed by atoms with van der Waals surface area (Å²) >= 11 is 0. The predicted octanol–water partition coefficient (Wildman–Crippen LogP) is -0.581. The number of amides is 1. The Labute approximate surface area is 105 Å². The monoisotopic (exact) mass is 274 g/mol. The van der Waals surface area contributed by atoms with Crippen LogP contribution in [0.15, 0.2) is 18.2 Å². The molecule has 0 radical (unpaired) electrons. The standard InChI is InChI=1S/C10H14N2O5S/c1-17-9-3-2-7(6-8(9)13)10(14)12-4-5-18(11,15)16/h2-3,6,13H,4-5H2,1H3,(H,12,14)(H2,11,15,16). The second kappa shape index (κ2) is 5.69. The highest BCUT2D eigenvalue weighted by molar-refractivity contribution is 7.89. The molecule has 0 aliphatic heterocycles. The van der Waals surface area contributed by atoms with Crippen molar-refractivity contribution in [2.75, 3.05) is 19.4 Å². The molecule has 1 amide bonds. The largest absolute Gasteiger partial charge is 0.504 e. The molecule has 0 bridgehead atoms. The summed E-state index contributed by atoms with van der Waals surface area (Å²) in [7, 11) is -2.22. The summed E-state index contributed by atoms with van der Waals surface area (Å²) in [5.41, 5.74) is 0.197. The lowest BCUT2D eigenvalue weighted by Gasteiger charge is -2.07. The number of benzene rings is 1. The number of ether oxygens (including phenoxy) is 1. The SMILES string of the molecule is COc1ccc(C(=O)NCCS(N)(=O)=O)cc1O. The van der Waals surface area contributed by atoms with Crippen LogP contribution in [-0.4, -0.2) is 38.8 Å². The third-order valence-corrected chi connectivity index (χ3v) is 2.89. The molecule has 4 N–H and O–H groups in total. The van der Waals surface area contributed by atoms with Gasteiger partial charge in [-0.3, -0.25) is 4.79 Å². The quantitative estimate of drug-likeness (QED) is 0.663. The normalized spacial score (nSPS) is 11.0. The molecule has 0 fully saturated rings. The number of hydrogen-bond donors (Lipinski definition) is 3. The van der Waals surface area contributed by atoms with Crippen molar-refractivity contribution in [1.29, 1.82) is 0 Å². The summed E-state index contributed by atoms with van der Waals surface area (Å²) in [5.74, 6) is -0.773. The second-order valence-corrected chi connectivity index (χ2v) is 5.24. The van der Waals surface area contributed by atoms with Crippen LogP contribution in [0.3, 0.4) is 0 Å². The van der Waals surface area contributed by atoms with Crippen molar-refractivity contribution < 1.29 is 23.1 Å². The molecule has 18 heavy (non-hydrogen) atoms. The summed E-state index contributed by atoms with van der Waals surface area (Å²) < 4.78 is 26.1. The summed E-state index contributed by atoms with van der Waals surface area (Å²) in [6.07, 6.45) is 0. The molecule has 1 aromatic rings. The van der Waals surface area contributed by atoms with Gasteiger partial charge in [-0.1, -0.05) is 0 Å². The topological polar surface area (TPSA) is 119 Å². The first-order valence-corrected chi connectivity index (χ1v) is 6.70. The average molecular weight is 274 g/mol. The van der Waals surface area contributed by atoms with Crippen molar-refractivity contribution in [3.8, 4) is 11.5 Å². The highest BCUT2D eigenvalue weighted by Gasteiger charge is 2.10. The van der Waals surface area contributed by atoms with Gasteiger partial charge in [0.25, 0.3) is 5.91 Å². The Balaban J connectivity index is 2.65. The number of sulfonamides is 1. The zero-order valence-electron chi connectivity index (χ0n) is 9.71. The number of phenols is 1. The van der Waals surface area contributed by atoms with Crippen molar-refractivity contribution in [2.45, 2.75) is 0 Å². The van der Waals surface area contributed by atoms with Gasteiger partial charge in [0, 0.05) is 12.1 Å². The van der Waals surface area contributed by atoms with Gasteiger partial charge in [-0.2, -0.15) is 0 Å². The molecule has 0 spiro atoms.